The van der Waals surface area contributed by atoms with Crippen molar-refractivity contribution >= 4 is 15.7 Å². The molecule has 0 amide bonds. The first-order valence-electron chi connectivity index (χ1n) is 5.74. The summed E-state index contributed by atoms with van der Waals surface area (Å²) in [5.74, 6) is 0.425. The maximum atomic E-state index is 11.4. The average molecular weight is 256 g/mol. The SMILES string of the molecule is CCC(Nc1ccccc1S(N)(=O)=O)C(C)C. The standard InChI is InChI=1S/C12H20N2O2S/c1-4-10(9(2)3)14-11-7-5-6-8-12(11)17(13,15)16/h5-10,14H,4H2,1-3H3,(H2,13,15,16). The molecule has 0 saturated heterocycles. The van der Waals surface area contributed by atoms with Crippen LogP contribution in [0.2, 0.25) is 0 Å². The van der Waals surface area contributed by atoms with Crippen molar-refractivity contribution in [3.05, 3.63) is 24.3 Å². The molecular weight excluding hydrogens is 236 g/mol. The summed E-state index contributed by atoms with van der Waals surface area (Å²) < 4.78 is 22.9. The minimum atomic E-state index is -3.68. The van der Waals surface area contributed by atoms with Gasteiger partial charge < -0.3 is 5.32 Å². The fourth-order valence-corrected chi connectivity index (χ4v) is 2.48. The summed E-state index contributed by atoms with van der Waals surface area (Å²) in [6.45, 7) is 6.26. The second-order valence-corrected chi connectivity index (χ2v) is 5.97. The van der Waals surface area contributed by atoms with Crippen LogP contribution in [0.25, 0.3) is 0 Å². The number of benzene rings is 1. The van der Waals surface area contributed by atoms with Gasteiger partial charge in [-0.2, -0.15) is 0 Å². The molecule has 1 aromatic rings. The smallest absolute Gasteiger partial charge is 0.240 e. The zero-order valence-electron chi connectivity index (χ0n) is 10.5. The number of nitrogens with two attached hydrogens (primary N) is 1. The topological polar surface area (TPSA) is 72.2 Å². The zero-order valence-corrected chi connectivity index (χ0v) is 11.3. The molecule has 0 fully saturated rings. The first-order chi connectivity index (χ1) is 7.86. The van der Waals surface area contributed by atoms with Gasteiger partial charge in [0.2, 0.25) is 10.0 Å². The van der Waals surface area contributed by atoms with Crippen LogP contribution in [0.1, 0.15) is 27.2 Å². The van der Waals surface area contributed by atoms with Crippen LogP contribution in [0.15, 0.2) is 29.2 Å². The molecule has 0 spiro atoms. The van der Waals surface area contributed by atoms with Crippen LogP contribution < -0.4 is 10.5 Å². The minimum Gasteiger partial charge on any atom is -0.381 e. The Hall–Kier alpha value is -1.07. The van der Waals surface area contributed by atoms with Gasteiger partial charge in [0.05, 0.1) is 5.69 Å². The highest BCUT2D eigenvalue weighted by atomic mass is 32.2. The monoisotopic (exact) mass is 256 g/mol. The summed E-state index contributed by atoms with van der Waals surface area (Å²) in [6.07, 6.45) is 0.927. The van der Waals surface area contributed by atoms with Crippen molar-refractivity contribution < 1.29 is 8.42 Å². The van der Waals surface area contributed by atoms with E-state index in [0.717, 1.165) is 6.42 Å². The van der Waals surface area contributed by atoms with E-state index in [-0.39, 0.29) is 10.9 Å². The van der Waals surface area contributed by atoms with Crippen LogP contribution in [-0.4, -0.2) is 14.5 Å². The number of rotatable bonds is 5. The summed E-state index contributed by atoms with van der Waals surface area (Å²) >= 11 is 0. The second-order valence-electron chi connectivity index (χ2n) is 4.44. The lowest BCUT2D eigenvalue weighted by Crippen LogP contribution is -2.26. The van der Waals surface area contributed by atoms with Gasteiger partial charge in [-0.3, -0.25) is 0 Å². The molecule has 0 aliphatic rings. The van der Waals surface area contributed by atoms with Gasteiger partial charge in [-0.25, -0.2) is 13.6 Å². The highest BCUT2D eigenvalue weighted by Gasteiger charge is 2.17. The number of para-hydroxylation sites is 1. The summed E-state index contributed by atoms with van der Waals surface area (Å²) in [6, 6.07) is 6.96. The van der Waals surface area contributed by atoms with Crippen LogP contribution in [-0.2, 0) is 10.0 Å². The lowest BCUT2D eigenvalue weighted by molar-refractivity contribution is 0.510. The van der Waals surface area contributed by atoms with E-state index in [1.165, 1.54) is 6.07 Å². The van der Waals surface area contributed by atoms with E-state index in [1.807, 2.05) is 0 Å². The third-order valence-electron chi connectivity index (χ3n) is 2.78. The summed E-state index contributed by atoms with van der Waals surface area (Å²) in [5.41, 5.74) is 0.579. The Kier molecular flexibility index (Phi) is 4.54. The molecule has 1 rings (SSSR count). The fourth-order valence-electron chi connectivity index (χ4n) is 1.77. The van der Waals surface area contributed by atoms with E-state index in [9.17, 15) is 8.42 Å². The molecule has 0 saturated carbocycles. The second kappa shape index (κ2) is 5.51. The van der Waals surface area contributed by atoms with Crippen LogP contribution >= 0.6 is 0 Å². The van der Waals surface area contributed by atoms with Gasteiger partial charge in [-0.1, -0.05) is 32.9 Å². The lowest BCUT2D eigenvalue weighted by atomic mass is 10.0. The Balaban J connectivity index is 3.07. The Morgan fingerprint density at radius 1 is 1.29 bits per heavy atom. The maximum absolute atomic E-state index is 11.4. The lowest BCUT2D eigenvalue weighted by Gasteiger charge is -2.23. The molecule has 0 heterocycles. The average Bonchev–Trinajstić information content (AvgIpc) is 2.24. The van der Waals surface area contributed by atoms with E-state index in [2.05, 4.69) is 26.1 Å². The van der Waals surface area contributed by atoms with Gasteiger partial charge in [0.25, 0.3) is 0 Å². The first-order valence-corrected chi connectivity index (χ1v) is 7.29. The Morgan fingerprint density at radius 2 is 1.88 bits per heavy atom. The Labute approximate surface area is 103 Å². The molecule has 3 N–H and O–H groups in total. The normalized spacial score (nSPS) is 13.7. The summed E-state index contributed by atoms with van der Waals surface area (Å²) in [5, 5.41) is 8.43. The quantitative estimate of drug-likeness (QED) is 0.848. The molecule has 0 radical (unpaired) electrons. The third kappa shape index (κ3) is 3.71. The predicted octanol–water partition coefficient (Wildman–Crippen LogP) is 2.18. The van der Waals surface area contributed by atoms with Crippen LogP contribution in [0.4, 0.5) is 5.69 Å². The molecule has 0 aliphatic carbocycles. The van der Waals surface area contributed by atoms with Gasteiger partial charge in [-0.05, 0) is 24.5 Å². The van der Waals surface area contributed by atoms with Gasteiger partial charge in [0.1, 0.15) is 4.90 Å². The largest absolute Gasteiger partial charge is 0.381 e. The fraction of sp³-hybridized carbons (Fsp3) is 0.500. The molecule has 96 valence electrons. The number of hydrogen-bond donors (Lipinski definition) is 2. The van der Waals surface area contributed by atoms with E-state index < -0.39 is 10.0 Å². The van der Waals surface area contributed by atoms with Crippen molar-refractivity contribution in [1.82, 2.24) is 0 Å². The molecule has 0 aliphatic heterocycles. The molecule has 1 unspecified atom stereocenters. The van der Waals surface area contributed by atoms with Crippen LogP contribution in [0.5, 0.6) is 0 Å². The Morgan fingerprint density at radius 3 is 2.35 bits per heavy atom. The minimum absolute atomic E-state index is 0.152. The van der Waals surface area contributed by atoms with Gasteiger partial charge in [0.15, 0.2) is 0 Å². The molecule has 4 nitrogen and oxygen atoms in total. The molecule has 0 aromatic heterocycles. The number of anilines is 1. The molecule has 0 bridgehead atoms. The van der Waals surface area contributed by atoms with Crippen molar-refractivity contribution in [3.63, 3.8) is 0 Å². The highest BCUT2D eigenvalue weighted by molar-refractivity contribution is 7.89. The maximum Gasteiger partial charge on any atom is 0.240 e. The highest BCUT2D eigenvalue weighted by Crippen LogP contribution is 2.22. The number of hydrogen-bond acceptors (Lipinski definition) is 3. The molecule has 5 heteroatoms. The molecular formula is C12H20N2O2S. The zero-order chi connectivity index (χ0) is 13.1. The predicted molar refractivity (Wildman–Crippen MR) is 70.4 cm³/mol. The third-order valence-corrected chi connectivity index (χ3v) is 3.75. The van der Waals surface area contributed by atoms with Crippen LogP contribution in [0.3, 0.4) is 0 Å². The van der Waals surface area contributed by atoms with E-state index in [1.54, 1.807) is 18.2 Å². The van der Waals surface area contributed by atoms with Gasteiger partial charge >= 0.3 is 0 Å². The number of primary sulfonamides is 1. The van der Waals surface area contributed by atoms with Crippen molar-refractivity contribution in [3.8, 4) is 0 Å². The number of nitrogens with one attached hydrogen (secondary N) is 1. The number of sulfonamides is 1. The van der Waals surface area contributed by atoms with Gasteiger partial charge in [-0.15, -0.1) is 0 Å². The first kappa shape index (κ1) is 14.0. The summed E-state index contributed by atoms with van der Waals surface area (Å²) in [7, 11) is -3.68. The van der Waals surface area contributed by atoms with Crippen molar-refractivity contribution in [1.29, 1.82) is 0 Å². The Bertz CT molecular complexity index is 469. The van der Waals surface area contributed by atoms with E-state index in [4.69, 9.17) is 5.14 Å². The van der Waals surface area contributed by atoms with Crippen molar-refractivity contribution in [2.45, 2.75) is 38.1 Å². The van der Waals surface area contributed by atoms with Gasteiger partial charge in [0, 0.05) is 6.04 Å². The summed E-state index contributed by atoms with van der Waals surface area (Å²) in [4.78, 5) is 0.152. The van der Waals surface area contributed by atoms with Crippen molar-refractivity contribution in [2.24, 2.45) is 11.1 Å². The van der Waals surface area contributed by atoms with E-state index >= 15 is 0 Å². The molecule has 17 heavy (non-hydrogen) atoms. The van der Waals surface area contributed by atoms with Crippen LogP contribution in [0, 0.1) is 5.92 Å². The molecule has 1 atom stereocenters. The van der Waals surface area contributed by atoms with E-state index in [0.29, 0.717) is 11.6 Å². The molecule has 1 aromatic carbocycles. The van der Waals surface area contributed by atoms with Crippen molar-refractivity contribution in [2.75, 3.05) is 5.32 Å².